The summed E-state index contributed by atoms with van der Waals surface area (Å²) >= 11 is 0. The van der Waals surface area contributed by atoms with Gasteiger partial charge in [-0.1, -0.05) is 56.7 Å². The Morgan fingerprint density at radius 1 is 1.19 bits per heavy atom. The van der Waals surface area contributed by atoms with E-state index in [0.29, 0.717) is 11.3 Å². The quantitative estimate of drug-likeness (QED) is 0.623. The molecule has 0 aliphatic heterocycles. The van der Waals surface area contributed by atoms with Crippen molar-refractivity contribution in [3.05, 3.63) is 81.9 Å². The van der Waals surface area contributed by atoms with Crippen molar-refractivity contribution in [2.45, 2.75) is 39.7 Å². The molecular formula is C22H24N2O3. The Balaban J connectivity index is 1.82. The van der Waals surface area contributed by atoms with Gasteiger partial charge in [-0.3, -0.25) is 14.0 Å². The number of nitrogens with zero attached hydrogens (tertiary/aromatic N) is 2. The molecule has 0 unspecified atom stereocenters. The van der Waals surface area contributed by atoms with E-state index in [2.05, 4.69) is 11.9 Å². The number of benzene rings is 1. The summed E-state index contributed by atoms with van der Waals surface area (Å²) in [6.45, 7) is 5.98. The molecule has 140 valence electrons. The molecule has 3 aromatic rings. The van der Waals surface area contributed by atoms with Gasteiger partial charge in [-0.2, -0.15) is 0 Å². The number of hydrogen-bond acceptors (Lipinski definition) is 4. The van der Waals surface area contributed by atoms with E-state index in [1.807, 2.05) is 56.3 Å². The van der Waals surface area contributed by atoms with Crippen LogP contribution >= 0.6 is 0 Å². The van der Waals surface area contributed by atoms with Crippen molar-refractivity contribution in [1.29, 1.82) is 0 Å². The van der Waals surface area contributed by atoms with Gasteiger partial charge in [0.05, 0.1) is 11.6 Å². The first-order chi connectivity index (χ1) is 13.0. The van der Waals surface area contributed by atoms with E-state index in [0.717, 1.165) is 17.5 Å². The third-order valence-electron chi connectivity index (χ3n) is 4.93. The highest BCUT2D eigenvalue weighted by Crippen LogP contribution is 2.28. The fraction of sp³-hybridized carbons (Fsp3) is 0.318. The molecule has 2 heterocycles. The summed E-state index contributed by atoms with van der Waals surface area (Å²) in [5.74, 6) is -0.473. The Kier molecular flexibility index (Phi) is 5.69. The first-order valence-corrected chi connectivity index (χ1v) is 9.20. The van der Waals surface area contributed by atoms with Gasteiger partial charge in [0, 0.05) is 12.3 Å². The molecule has 1 aromatic carbocycles. The fourth-order valence-electron chi connectivity index (χ4n) is 3.21. The second-order valence-electron chi connectivity index (χ2n) is 6.85. The molecule has 5 heteroatoms. The maximum atomic E-state index is 12.8. The number of ether oxygens (including phenoxy) is 1. The van der Waals surface area contributed by atoms with Crippen molar-refractivity contribution < 1.29 is 9.53 Å². The highest BCUT2D eigenvalue weighted by Gasteiger charge is 2.27. The van der Waals surface area contributed by atoms with E-state index in [1.165, 1.54) is 10.5 Å². The van der Waals surface area contributed by atoms with Crippen LogP contribution in [0.15, 0.2) is 59.5 Å². The third kappa shape index (κ3) is 4.08. The van der Waals surface area contributed by atoms with Crippen molar-refractivity contribution in [2.75, 3.05) is 0 Å². The van der Waals surface area contributed by atoms with E-state index in [1.54, 1.807) is 6.20 Å². The van der Waals surface area contributed by atoms with Crippen LogP contribution in [0.1, 0.15) is 43.0 Å². The maximum absolute atomic E-state index is 12.8. The van der Waals surface area contributed by atoms with E-state index in [4.69, 9.17) is 4.74 Å². The van der Waals surface area contributed by atoms with Gasteiger partial charge in [-0.25, -0.2) is 4.98 Å². The van der Waals surface area contributed by atoms with Gasteiger partial charge in [-0.15, -0.1) is 0 Å². The van der Waals surface area contributed by atoms with Crippen LogP contribution in [0.3, 0.4) is 0 Å². The molecule has 2 atom stereocenters. The number of fused-ring (bicyclic) bond motifs is 1. The van der Waals surface area contributed by atoms with Crippen LogP contribution in [0.25, 0.3) is 5.65 Å². The molecule has 0 aliphatic carbocycles. The summed E-state index contributed by atoms with van der Waals surface area (Å²) in [7, 11) is 0. The van der Waals surface area contributed by atoms with Gasteiger partial charge in [0.2, 0.25) is 0 Å². The average molecular weight is 364 g/mol. The molecule has 0 radical (unpaired) electrons. The van der Waals surface area contributed by atoms with Gasteiger partial charge in [0.25, 0.3) is 5.56 Å². The van der Waals surface area contributed by atoms with E-state index in [-0.39, 0.29) is 30.0 Å². The van der Waals surface area contributed by atoms with Gasteiger partial charge in [0.1, 0.15) is 12.3 Å². The summed E-state index contributed by atoms with van der Waals surface area (Å²) in [6, 6.07) is 14.8. The zero-order valence-corrected chi connectivity index (χ0v) is 15.9. The van der Waals surface area contributed by atoms with Crippen molar-refractivity contribution >= 4 is 11.6 Å². The van der Waals surface area contributed by atoms with Crippen LogP contribution in [-0.2, 0) is 16.1 Å². The molecule has 27 heavy (non-hydrogen) atoms. The molecule has 0 bridgehead atoms. The number of carbonyl (C=O) groups excluding carboxylic acids is 1. The zero-order valence-electron chi connectivity index (χ0n) is 15.9. The Hall–Kier alpha value is -2.95. The molecule has 0 saturated heterocycles. The van der Waals surface area contributed by atoms with E-state index >= 15 is 0 Å². The number of rotatable bonds is 6. The number of esters is 1. The summed E-state index contributed by atoms with van der Waals surface area (Å²) in [4.78, 5) is 29.6. The van der Waals surface area contributed by atoms with Gasteiger partial charge >= 0.3 is 5.97 Å². The predicted octanol–water partition coefficient (Wildman–Crippen LogP) is 3.88. The smallest absolute Gasteiger partial charge is 0.314 e. The third-order valence-corrected chi connectivity index (χ3v) is 4.93. The maximum Gasteiger partial charge on any atom is 0.314 e. The highest BCUT2D eigenvalue weighted by molar-refractivity contribution is 5.78. The van der Waals surface area contributed by atoms with Crippen molar-refractivity contribution in [1.82, 2.24) is 9.38 Å². The molecule has 0 spiro atoms. The van der Waals surface area contributed by atoms with Crippen LogP contribution in [0, 0.1) is 12.8 Å². The average Bonchev–Trinajstić information content (AvgIpc) is 2.68. The number of carbonyl (C=O) groups is 1. The molecule has 2 aromatic heterocycles. The molecule has 0 fully saturated rings. The number of aromatic nitrogens is 2. The zero-order chi connectivity index (χ0) is 19.4. The summed E-state index contributed by atoms with van der Waals surface area (Å²) in [6.07, 6.45) is 2.55. The Bertz CT molecular complexity index is 995. The summed E-state index contributed by atoms with van der Waals surface area (Å²) in [5, 5.41) is 0. The first-order valence-electron chi connectivity index (χ1n) is 9.20. The van der Waals surface area contributed by atoms with Crippen LogP contribution in [-0.4, -0.2) is 15.4 Å². The standard InChI is InChI=1S/C22H24N2O3/c1-4-15(2)20(17-10-6-5-7-11-17)22(26)27-14-18-13-19(25)24-12-8-9-16(3)21(24)23-18/h5-13,15,20H,4,14H2,1-3H3/t15-,20-/m1/s1. The minimum atomic E-state index is -0.334. The highest BCUT2D eigenvalue weighted by atomic mass is 16.5. The van der Waals surface area contributed by atoms with Crippen LogP contribution in [0.2, 0.25) is 0 Å². The van der Waals surface area contributed by atoms with E-state index in [9.17, 15) is 9.59 Å². The van der Waals surface area contributed by atoms with Crippen molar-refractivity contribution in [3.8, 4) is 0 Å². The van der Waals surface area contributed by atoms with Crippen molar-refractivity contribution in [2.24, 2.45) is 5.92 Å². The Morgan fingerprint density at radius 3 is 2.63 bits per heavy atom. The fourth-order valence-corrected chi connectivity index (χ4v) is 3.21. The number of aryl methyl sites for hydroxylation is 1. The van der Waals surface area contributed by atoms with Gasteiger partial charge < -0.3 is 4.74 Å². The molecule has 5 nitrogen and oxygen atoms in total. The number of pyridine rings is 1. The minimum Gasteiger partial charge on any atom is -0.459 e. The lowest BCUT2D eigenvalue weighted by Crippen LogP contribution is -2.23. The molecule has 3 rings (SSSR count). The first kappa shape index (κ1) is 18.8. The minimum absolute atomic E-state index is 0.0152. The molecule has 0 aliphatic rings. The Morgan fingerprint density at radius 2 is 1.93 bits per heavy atom. The van der Waals surface area contributed by atoms with E-state index < -0.39 is 0 Å². The second kappa shape index (κ2) is 8.16. The lowest BCUT2D eigenvalue weighted by Gasteiger charge is -2.21. The largest absolute Gasteiger partial charge is 0.459 e. The van der Waals surface area contributed by atoms with Gasteiger partial charge in [-0.05, 0) is 30.0 Å². The molecular weight excluding hydrogens is 340 g/mol. The topological polar surface area (TPSA) is 60.7 Å². The van der Waals surface area contributed by atoms with Crippen LogP contribution in [0.4, 0.5) is 0 Å². The summed E-state index contributed by atoms with van der Waals surface area (Å²) in [5.41, 5.74) is 2.69. The van der Waals surface area contributed by atoms with Gasteiger partial charge in [0.15, 0.2) is 0 Å². The summed E-state index contributed by atoms with van der Waals surface area (Å²) < 4.78 is 7.05. The molecule has 0 amide bonds. The Labute approximate surface area is 158 Å². The molecule has 0 N–H and O–H groups in total. The monoisotopic (exact) mass is 364 g/mol. The van der Waals surface area contributed by atoms with Crippen molar-refractivity contribution in [3.63, 3.8) is 0 Å². The molecule has 0 saturated carbocycles. The number of hydrogen-bond donors (Lipinski definition) is 0. The SMILES string of the molecule is CC[C@@H](C)[C@@H](C(=O)OCc1cc(=O)n2cccc(C)c2n1)c1ccccc1. The van der Waals surface area contributed by atoms with Crippen LogP contribution in [0.5, 0.6) is 0 Å². The normalized spacial score (nSPS) is 13.3. The second-order valence-corrected chi connectivity index (χ2v) is 6.85. The lowest BCUT2D eigenvalue weighted by atomic mass is 9.86. The predicted molar refractivity (Wildman–Crippen MR) is 105 cm³/mol. The van der Waals surface area contributed by atoms with Crippen LogP contribution < -0.4 is 5.56 Å². The lowest BCUT2D eigenvalue weighted by molar-refractivity contribution is -0.148.